The lowest BCUT2D eigenvalue weighted by Gasteiger charge is -2.15. The van der Waals surface area contributed by atoms with Crippen LogP contribution in [0.15, 0.2) is 6.20 Å². The van der Waals surface area contributed by atoms with Crippen LogP contribution in [0.2, 0.25) is 0 Å². The van der Waals surface area contributed by atoms with Gasteiger partial charge in [0.25, 0.3) is 6.43 Å². The first kappa shape index (κ1) is 13.2. The summed E-state index contributed by atoms with van der Waals surface area (Å²) in [5.41, 5.74) is -4.23. The molecule has 1 aromatic heterocycles. The highest BCUT2D eigenvalue weighted by atomic mass is 19.4. The van der Waals surface area contributed by atoms with Gasteiger partial charge in [0, 0.05) is 0 Å². The molecule has 92 valence electrons. The Kier molecular flexibility index (Phi) is 3.50. The van der Waals surface area contributed by atoms with Crippen molar-refractivity contribution >= 4 is 0 Å². The van der Waals surface area contributed by atoms with Gasteiger partial charge in [-0.1, -0.05) is 0 Å². The molecule has 0 unspecified atom stereocenters. The van der Waals surface area contributed by atoms with Crippen LogP contribution < -0.4 is 4.74 Å². The Bertz CT molecular complexity index is 464. The summed E-state index contributed by atoms with van der Waals surface area (Å²) in [5.74, 6) is -0.702. The van der Waals surface area contributed by atoms with Crippen molar-refractivity contribution in [2.75, 3.05) is 7.11 Å². The third kappa shape index (κ3) is 2.43. The number of rotatable bonds is 2. The molecule has 0 aromatic carbocycles. The highest BCUT2D eigenvalue weighted by Crippen LogP contribution is 2.41. The van der Waals surface area contributed by atoms with E-state index in [2.05, 4.69) is 9.72 Å². The van der Waals surface area contributed by atoms with E-state index in [-0.39, 0.29) is 0 Å². The molecular formula is C9H5F5N2O. The van der Waals surface area contributed by atoms with Crippen molar-refractivity contribution in [3.63, 3.8) is 0 Å². The number of hydrogen-bond donors (Lipinski definition) is 0. The van der Waals surface area contributed by atoms with Gasteiger partial charge in [0.2, 0.25) is 0 Å². The second-order valence-electron chi connectivity index (χ2n) is 2.87. The van der Waals surface area contributed by atoms with Gasteiger partial charge in [-0.3, -0.25) is 0 Å². The number of hydrogen-bond acceptors (Lipinski definition) is 3. The Labute approximate surface area is 92.4 Å². The molecule has 0 saturated carbocycles. The van der Waals surface area contributed by atoms with Crippen molar-refractivity contribution < 1.29 is 26.7 Å². The third-order valence-corrected chi connectivity index (χ3v) is 1.91. The highest BCUT2D eigenvalue weighted by Gasteiger charge is 2.41. The van der Waals surface area contributed by atoms with Crippen LogP contribution in [0.3, 0.4) is 0 Å². The molecule has 0 spiro atoms. The maximum absolute atomic E-state index is 12.6. The molecule has 1 heterocycles. The molecule has 0 saturated heterocycles. The van der Waals surface area contributed by atoms with Crippen LogP contribution in [0.25, 0.3) is 0 Å². The Morgan fingerprint density at radius 1 is 1.41 bits per heavy atom. The molecule has 8 heteroatoms. The van der Waals surface area contributed by atoms with Gasteiger partial charge in [0.15, 0.2) is 5.69 Å². The van der Waals surface area contributed by atoms with E-state index in [1.165, 1.54) is 0 Å². The molecule has 0 fully saturated rings. The van der Waals surface area contributed by atoms with Crippen LogP contribution >= 0.6 is 0 Å². The lowest BCUT2D eigenvalue weighted by Crippen LogP contribution is -2.14. The first-order valence-electron chi connectivity index (χ1n) is 4.15. The highest BCUT2D eigenvalue weighted by molar-refractivity contribution is 5.47. The van der Waals surface area contributed by atoms with Crippen LogP contribution in [-0.4, -0.2) is 12.1 Å². The van der Waals surface area contributed by atoms with E-state index in [9.17, 15) is 22.0 Å². The third-order valence-electron chi connectivity index (χ3n) is 1.91. The SMILES string of the molecule is COc1cnc(C#N)c(C(F)(F)F)c1C(F)F. The van der Waals surface area contributed by atoms with E-state index in [1.54, 1.807) is 0 Å². The second kappa shape index (κ2) is 4.53. The van der Waals surface area contributed by atoms with Gasteiger partial charge in [-0.05, 0) is 0 Å². The smallest absolute Gasteiger partial charge is 0.419 e. The molecule has 1 rings (SSSR count). The van der Waals surface area contributed by atoms with Crippen LogP contribution in [0.5, 0.6) is 5.75 Å². The fraction of sp³-hybridized carbons (Fsp3) is 0.333. The molecule has 0 bridgehead atoms. The van der Waals surface area contributed by atoms with Gasteiger partial charge < -0.3 is 4.74 Å². The standard InChI is InChI=1S/C9H5F5N2O/c1-17-5-3-16-4(2-15)7(9(12,13)14)6(5)8(10)11/h3,8H,1H3. The minimum absolute atomic E-state index is 0.662. The Balaban J connectivity index is 3.67. The molecule has 0 aliphatic heterocycles. The summed E-state index contributed by atoms with van der Waals surface area (Å²) in [4.78, 5) is 3.14. The van der Waals surface area contributed by atoms with Crippen molar-refractivity contribution in [2.45, 2.75) is 12.6 Å². The van der Waals surface area contributed by atoms with E-state index < -0.39 is 35.2 Å². The zero-order valence-electron chi connectivity index (χ0n) is 8.35. The first-order chi connectivity index (χ1) is 7.82. The zero-order chi connectivity index (χ0) is 13.2. The predicted octanol–water partition coefficient (Wildman–Crippen LogP) is 2.92. The predicted molar refractivity (Wildman–Crippen MR) is 45.5 cm³/mol. The van der Waals surface area contributed by atoms with E-state index in [0.717, 1.165) is 13.2 Å². The minimum Gasteiger partial charge on any atom is -0.495 e. The zero-order valence-corrected chi connectivity index (χ0v) is 8.35. The van der Waals surface area contributed by atoms with E-state index in [0.29, 0.717) is 6.20 Å². The van der Waals surface area contributed by atoms with E-state index in [4.69, 9.17) is 5.26 Å². The quantitative estimate of drug-likeness (QED) is 0.760. The van der Waals surface area contributed by atoms with Gasteiger partial charge >= 0.3 is 6.18 Å². The summed E-state index contributed by atoms with van der Waals surface area (Å²) in [6.07, 6.45) is -7.86. The number of aromatic nitrogens is 1. The number of halogens is 5. The van der Waals surface area contributed by atoms with Crippen LogP contribution in [0, 0.1) is 11.3 Å². The largest absolute Gasteiger partial charge is 0.495 e. The average molecular weight is 252 g/mol. The van der Waals surface area contributed by atoms with Crippen molar-refractivity contribution in [3.05, 3.63) is 23.0 Å². The maximum Gasteiger partial charge on any atom is 0.419 e. The summed E-state index contributed by atoms with van der Waals surface area (Å²) < 4.78 is 67.4. The van der Waals surface area contributed by atoms with Gasteiger partial charge in [0.05, 0.1) is 18.9 Å². The molecule has 3 nitrogen and oxygen atoms in total. The number of alkyl halides is 5. The second-order valence-corrected chi connectivity index (χ2v) is 2.87. The minimum atomic E-state index is -5.10. The first-order valence-corrected chi connectivity index (χ1v) is 4.15. The molecule has 0 radical (unpaired) electrons. The summed E-state index contributed by atoms with van der Waals surface area (Å²) in [6, 6.07) is 1.13. The fourth-order valence-electron chi connectivity index (χ4n) is 1.26. The number of nitrogens with zero attached hydrogens (tertiary/aromatic N) is 2. The maximum atomic E-state index is 12.6. The Morgan fingerprint density at radius 3 is 2.35 bits per heavy atom. The monoisotopic (exact) mass is 252 g/mol. The van der Waals surface area contributed by atoms with Crippen LogP contribution in [-0.2, 0) is 6.18 Å². The number of nitriles is 1. The van der Waals surface area contributed by atoms with Crippen molar-refractivity contribution in [1.82, 2.24) is 4.98 Å². The Hall–Kier alpha value is -1.91. The van der Waals surface area contributed by atoms with E-state index in [1.807, 2.05) is 0 Å². The topological polar surface area (TPSA) is 45.9 Å². The molecule has 0 aliphatic carbocycles. The summed E-state index contributed by atoms with van der Waals surface area (Å²) in [6.45, 7) is 0. The molecule has 0 amide bonds. The molecule has 0 atom stereocenters. The van der Waals surface area contributed by atoms with Gasteiger partial charge in [-0.2, -0.15) is 18.4 Å². The molecule has 17 heavy (non-hydrogen) atoms. The molecular weight excluding hydrogens is 247 g/mol. The fourth-order valence-corrected chi connectivity index (χ4v) is 1.26. The van der Waals surface area contributed by atoms with Crippen molar-refractivity contribution in [3.8, 4) is 11.8 Å². The molecule has 0 N–H and O–H groups in total. The van der Waals surface area contributed by atoms with Crippen LogP contribution in [0.4, 0.5) is 22.0 Å². The summed E-state index contributed by atoms with van der Waals surface area (Å²) in [7, 11) is 0.940. The van der Waals surface area contributed by atoms with Gasteiger partial charge in [-0.15, -0.1) is 0 Å². The van der Waals surface area contributed by atoms with Crippen LogP contribution in [0.1, 0.15) is 23.2 Å². The summed E-state index contributed by atoms with van der Waals surface area (Å²) >= 11 is 0. The van der Waals surface area contributed by atoms with Crippen molar-refractivity contribution in [2.24, 2.45) is 0 Å². The number of methoxy groups -OCH3 is 1. The van der Waals surface area contributed by atoms with Gasteiger partial charge in [-0.25, -0.2) is 13.8 Å². The number of pyridine rings is 1. The van der Waals surface area contributed by atoms with Crippen molar-refractivity contribution in [1.29, 1.82) is 5.26 Å². The summed E-state index contributed by atoms with van der Waals surface area (Å²) in [5, 5.41) is 8.45. The normalized spacial score (nSPS) is 11.4. The number of ether oxygens (including phenoxy) is 1. The average Bonchev–Trinajstić information content (AvgIpc) is 2.25. The molecule has 1 aromatic rings. The van der Waals surface area contributed by atoms with E-state index >= 15 is 0 Å². The Morgan fingerprint density at radius 2 is 2.00 bits per heavy atom. The lowest BCUT2D eigenvalue weighted by atomic mass is 10.1. The van der Waals surface area contributed by atoms with Gasteiger partial charge in [0.1, 0.15) is 17.4 Å². The lowest BCUT2D eigenvalue weighted by molar-refractivity contribution is -0.140. The molecule has 0 aliphatic rings.